The number of aromatic nitrogens is 3. The molecule has 2 N–H and O–H groups in total. The van der Waals surface area contributed by atoms with Crippen molar-refractivity contribution in [3.63, 3.8) is 0 Å². The summed E-state index contributed by atoms with van der Waals surface area (Å²) in [7, 11) is 3.09. The van der Waals surface area contributed by atoms with Gasteiger partial charge in [0.25, 0.3) is 11.7 Å². The van der Waals surface area contributed by atoms with Crippen molar-refractivity contribution in [1.82, 2.24) is 19.9 Å². The summed E-state index contributed by atoms with van der Waals surface area (Å²) >= 11 is 0. The summed E-state index contributed by atoms with van der Waals surface area (Å²) in [5.41, 5.74) is 1.50. The molecule has 1 amide bonds. The van der Waals surface area contributed by atoms with E-state index in [1.54, 1.807) is 56.8 Å². The zero-order valence-corrected chi connectivity index (χ0v) is 18.5. The number of nitrogens with one attached hydrogen (secondary N) is 2. The van der Waals surface area contributed by atoms with Crippen molar-refractivity contribution in [2.24, 2.45) is 0 Å². The van der Waals surface area contributed by atoms with Crippen molar-refractivity contribution in [3.05, 3.63) is 60.4 Å². The van der Waals surface area contributed by atoms with Gasteiger partial charge in [-0.05, 0) is 30.3 Å². The molecule has 2 aromatic heterocycles. The molecule has 170 valence electrons. The Bertz CT molecular complexity index is 1130. The van der Waals surface area contributed by atoms with E-state index < -0.39 is 11.7 Å². The Morgan fingerprint density at radius 2 is 1.79 bits per heavy atom. The monoisotopic (exact) mass is 447 g/mol. The van der Waals surface area contributed by atoms with Crippen LogP contribution in [0.1, 0.15) is 10.4 Å². The minimum absolute atomic E-state index is 0.271. The number of carbonyl (C=O) groups is 2. The lowest BCUT2D eigenvalue weighted by molar-refractivity contribution is -0.124. The third-order valence-corrected chi connectivity index (χ3v) is 5.03. The predicted octanol–water partition coefficient (Wildman–Crippen LogP) is 2.47. The summed E-state index contributed by atoms with van der Waals surface area (Å²) < 4.78 is 5.38. The number of amides is 1. The van der Waals surface area contributed by atoms with Gasteiger partial charge in [0.2, 0.25) is 5.95 Å². The van der Waals surface area contributed by atoms with Gasteiger partial charge >= 0.3 is 0 Å². The molecule has 0 aliphatic carbocycles. The van der Waals surface area contributed by atoms with Crippen molar-refractivity contribution in [1.29, 1.82) is 0 Å². The zero-order valence-electron chi connectivity index (χ0n) is 18.5. The lowest BCUT2D eigenvalue weighted by Gasteiger charge is -2.27. The highest BCUT2D eigenvalue weighted by Gasteiger charge is 2.21. The van der Waals surface area contributed by atoms with Gasteiger partial charge in [0.15, 0.2) is 0 Å². The number of para-hydroxylation sites is 1. The van der Waals surface area contributed by atoms with E-state index >= 15 is 0 Å². The van der Waals surface area contributed by atoms with E-state index in [1.807, 2.05) is 12.1 Å². The van der Waals surface area contributed by atoms with Crippen LogP contribution in [-0.2, 0) is 9.53 Å². The second-order valence-corrected chi connectivity index (χ2v) is 7.59. The molecule has 1 aromatic carbocycles. The summed E-state index contributed by atoms with van der Waals surface area (Å²) in [6, 6.07) is 12.4. The number of pyridine rings is 1. The van der Waals surface area contributed by atoms with Crippen LogP contribution in [0.3, 0.4) is 0 Å². The number of rotatable bonds is 7. The fourth-order valence-corrected chi connectivity index (χ4v) is 3.30. The van der Waals surface area contributed by atoms with E-state index in [9.17, 15) is 9.59 Å². The smallest absolute Gasteiger partial charge is 0.294 e. The molecule has 33 heavy (non-hydrogen) atoms. The third kappa shape index (κ3) is 5.42. The van der Waals surface area contributed by atoms with Crippen LogP contribution in [0.15, 0.2) is 54.9 Å². The first-order valence-electron chi connectivity index (χ1n) is 10.5. The number of benzene rings is 1. The van der Waals surface area contributed by atoms with E-state index in [2.05, 4.69) is 30.5 Å². The molecular formula is C23H25N7O3. The zero-order chi connectivity index (χ0) is 23.2. The van der Waals surface area contributed by atoms with E-state index in [1.165, 1.54) is 4.90 Å². The Morgan fingerprint density at radius 3 is 2.52 bits per heavy atom. The van der Waals surface area contributed by atoms with E-state index in [0.29, 0.717) is 30.7 Å². The van der Waals surface area contributed by atoms with E-state index in [4.69, 9.17) is 4.74 Å². The number of ketones is 1. The molecular weight excluding hydrogens is 422 g/mol. The highest BCUT2D eigenvalue weighted by molar-refractivity contribution is 6.43. The molecule has 1 saturated heterocycles. The number of hydrogen-bond acceptors (Lipinski definition) is 9. The molecule has 0 radical (unpaired) electrons. The summed E-state index contributed by atoms with van der Waals surface area (Å²) in [5.74, 6) is 0.551. The number of Topliss-reactive ketones (excluding diaryl/α,β-unsaturated/α-hetero) is 1. The third-order valence-electron chi connectivity index (χ3n) is 5.03. The SMILES string of the molecule is CN(C)C(=O)C(=O)c1ccccc1Nc1ccnc(Nc2ccc(N3CCOCC3)nc2)n1. The molecule has 0 saturated carbocycles. The number of likely N-dealkylation sites (N-methyl/N-ethyl adjacent to an activating group) is 1. The number of carbonyl (C=O) groups excluding carboxylic acids is 2. The van der Waals surface area contributed by atoms with Crippen LogP contribution < -0.4 is 15.5 Å². The first kappa shape index (κ1) is 22.2. The Morgan fingerprint density at radius 1 is 1.00 bits per heavy atom. The van der Waals surface area contributed by atoms with Gasteiger partial charge in [0.1, 0.15) is 11.6 Å². The number of anilines is 5. The summed E-state index contributed by atoms with van der Waals surface area (Å²) in [6.45, 7) is 3.04. The molecule has 1 aliphatic heterocycles. The van der Waals surface area contributed by atoms with Gasteiger partial charge in [0, 0.05) is 33.4 Å². The molecule has 1 fully saturated rings. The summed E-state index contributed by atoms with van der Waals surface area (Å²) in [4.78, 5) is 41.3. The van der Waals surface area contributed by atoms with Gasteiger partial charge < -0.3 is 25.2 Å². The Balaban J connectivity index is 1.47. The molecule has 1 aliphatic rings. The fraction of sp³-hybridized carbons (Fsp3) is 0.261. The minimum atomic E-state index is -0.595. The second-order valence-electron chi connectivity index (χ2n) is 7.59. The van der Waals surface area contributed by atoms with E-state index in [0.717, 1.165) is 24.6 Å². The average molecular weight is 447 g/mol. The molecule has 4 rings (SSSR count). The standard InChI is InChI=1S/C23H25N7O3/c1-29(2)22(32)21(31)17-5-3-4-6-18(17)27-19-9-10-24-23(28-19)26-16-7-8-20(25-15-16)30-11-13-33-14-12-30/h3-10,15H,11-14H2,1-2H3,(H2,24,26,27,28). The predicted molar refractivity (Wildman–Crippen MR) is 125 cm³/mol. The van der Waals surface area contributed by atoms with Gasteiger partial charge in [-0.1, -0.05) is 12.1 Å². The average Bonchev–Trinajstić information content (AvgIpc) is 2.85. The molecule has 3 aromatic rings. The Kier molecular flexibility index (Phi) is 6.75. The maximum absolute atomic E-state index is 12.6. The Hall–Kier alpha value is -4.05. The first-order chi connectivity index (χ1) is 16.0. The van der Waals surface area contributed by atoms with Gasteiger partial charge in [0.05, 0.1) is 36.3 Å². The number of morpholine rings is 1. The van der Waals surface area contributed by atoms with Crippen molar-refractivity contribution in [3.8, 4) is 0 Å². The van der Waals surface area contributed by atoms with Crippen LogP contribution >= 0.6 is 0 Å². The number of ether oxygens (including phenoxy) is 1. The molecule has 0 bridgehead atoms. The van der Waals surface area contributed by atoms with Crippen LogP contribution in [-0.4, -0.2) is 71.9 Å². The maximum Gasteiger partial charge on any atom is 0.294 e. The molecule has 0 spiro atoms. The quantitative estimate of drug-likeness (QED) is 0.416. The van der Waals surface area contributed by atoms with Crippen LogP contribution in [0.5, 0.6) is 0 Å². The molecule has 3 heterocycles. The molecule has 10 heteroatoms. The molecule has 10 nitrogen and oxygen atoms in total. The highest BCUT2D eigenvalue weighted by atomic mass is 16.5. The van der Waals surface area contributed by atoms with Crippen molar-refractivity contribution >= 4 is 40.6 Å². The van der Waals surface area contributed by atoms with Crippen molar-refractivity contribution in [2.75, 3.05) is 55.9 Å². The summed E-state index contributed by atoms with van der Waals surface area (Å²) in [6.07, 6.45) is 3.33. The molecule has 0 unspecified atom stereocenters. The van der Waals surface area contributed by atoms with Gasteiger partial charge in [-0.25, -0.2) is 9.97 Å². The van der Waals surface area contributed by atoms with Gasteiger partial charge in [-0.3, -0.25) is 9.59 Å². The maximum atomic E-state index is 12.6. The first-order valence-corrected chi connectivity index (χ1v) is 10.5. The molecule has 0 atom stereocenters. The van der Waals surface area contributed by atoms with Crippen LogP contribution in [0.4, 0.5) is 29.0 Å². The lowest BCUT2D eigenvalue weighted by atomic mass is 10.1. The normalized spacial score (nSPS) is 13.3. The fourth-order valence-electron chi connectivity index (χ4n) is 3.30. The Labute approximate surface area is 191 Å². The topological polar surface area (TPSA) is 113 Å². The van der Waals surface area contributed by atoms with Crippen molar-refractivity contribution < 1.29 is 14.3 Å². The van der Waals surface area contributed by atoms with Crippen LogP contribution in [0, 0.1) is 0 Å². The highest BCUT2D eigenvalue weighted by Crippen LogP contribution is 2.22. The van der Waals surface area contributed by atoms with Crippen LogP contribution in [0.2, 0.25) is 0 Å². The van der Waals surface area contributed by atoms with Crippen molar-refractivity contribution in [2.45, 2.75) is 0 Å². The van der Waals surface area contributed by atoms with E-state index in [-0.39, 0.29) is 5.56 Å². The second kappa shape index (κ2) is 10.0. The summed E-state index contributed by atoms with van der Waals surface area (Å²) in [5, 5.41) is 6.24. The van der Waals surface area contributed by atoms with Crippen LogP contribution in [0.25, 0.3) is 0 Å². The van der Waals surface area contributed by atoms with Gasteiger partial charge in [-0.15, -0.1) is 0 Å². The lowest BCUT2D eigenvalue weighted by Crippen LogP contribution is -2.36. The largest absolute Gasteiger partial charge is 0.378 e. The number of nitrogens with zero attached hydrogens (tertiary/aromatic N) is 5. The van der Waals surface area contributed by atoms with Gasteiger partial charge in [-0.2, -0.15) is 4.98 Å². The number of hydrogen-bond donors (Lipinski definition) is 2. The minimum Gasteiger partial charge on any atom is -0.378 e.